The molecule has 51 heavy (non-hydrogen) atoms. The largest absolute Gasteiger partial charge is 0.480 e. The fraction of sp³-hybridized carbons (Fsp3) is 0.333. The molecule has 12 heteroatoms. The first-order valence-electron chi connectivity index (χ1n) is 17.2. The van der Waals surface area contributed by atoms with Crippen LogP contribution in [0.4, 0.5) is 0 Å². The lowest BCUT2D eigenvalue weighted by molar-refractivity contribution is -0.119. The number of amides is 1. The smallest absolute Gasteiger partial charge is 0.237 e. The number of aryl methyl sites for hydroxylation is 1. The van der Waals surface area contributed by atoms with Gasteiger partial charge in [0, 0.05) is 60.2 Å². The first kappa shape index (κ1) is 34.8. The Labute approximate surface area is 307 Å². The van der Waals surface area contributed by atoms with Gasteiger partial charge in [-0.25, -0.2) is 9.97 Å². The Balaban J connectivity index is 1.09. The predicted molar refractivity (Wildman–Crippen MR) is 198 cm³/mol. The molecule has 1 amide bonds. The van der Waals surface area contributed by atoms with E-state index < -0.39 is 0 Å². The van der Waals surface area contributed by atoms with E-state index in [-0.39, 0.29) is 11.9 Å². The number of nitrogens with zero attached hydrogens (tertiary/aromatic N) is 6. The molecule has 10 nitrogen and oxygen atoms in total. The van der Waals surface area contributed by atoms with E-state index in [1.165, 1.54) is 5.56 Å². The number of methoxy groups -OCH3 is 2. The molecule has 1 N–H and O–H groups in total. The Morgan fingerprint density at radius 1 is 0.824 bits per heavy atom. The highest BCUT2D eigenvalue weighted by molar-refractivity contribution is 6.39. The normalized spacial score (nSPS) is 17.5. The number of likely N-dealkylation sites (tertiary alicyclic amines) is 1. The van der Waals surface area contributed by atoms with Crippen molar-refractivity contribution in [3.63, 3.8) is 0 Å². The van der Waals surface area contributed by atoms with Gasteiger partial charge in [0.2, 0.25) is 17.7 Å². The second kappa shape index (κ2) is 15.7. The van der Waals surface area contributed by atoms with E-state index in [0.717, 1.165) is 61.3 Å². The highest BCUT2D eigenvalue weighted by Gasteiger charge is 2.26. The van der Waals surface area contributed by atoms with Crippen molar-refractivity contribution in [3.05, 3.63) is 100 Å². The van der Waals surface area contributed by atoms with E-state index in [0.29, 0.717) is 69.6 Å². The van der Waals surface area contributed by atoms with Crippen LogP contribution in [0.25, 0.3) is 33.6 Å². The highest BCUT2D eigenvalue weighted by Crippen LogP contribution is 2.42. The lowest BCUT2D eigenvalue weighted by Crippen LogP contribution is -2.25. The number of halogens is 2. The van der Waals surface area contributed by atoms with Crippen LogP contribution in [-0.4, -0.2) is 69.1 Å². The molecule has 262 valence electrons. The minimum absolute atomic E-state index is 0.126. The number of carbonyl (C=O) groups excluding carboxylic acids is 1. The van der Waals surface area contributed by atoms with E-state index in [2.05, 4.69) is 21.3 Å². The van der Waals surface area contributed by atoms with E-state index in [1.807, 2.05) is 54.9 Å². The first-order chi connectivity index (χ1) is 24.9. The standard InChI is InChI=1S/C39H39Cl2N7O3/c1-50-38-31(13-3-8-26-14-15-35(49)45-26)43-20-32(46-38)29-11-4-9-27(36(29)40)28-10-5-12-30(37(28)41)33-21-44-34(39(47-33)51-2)23-48-18-16-25(22-48)24-7-6-17-42-19-24/h4-7,9-12,17,19-21,25-26H,3,8,13-16,18,22-23H2,1-2H3,(H,45,49)/t25?,26-/m1/s1. The summed E-state index contributed by atoms with van der Waals surface area (Å²) in [6.07, 6.45) is 12.2. The fourth-order valence-electron chi connectivity index (χ4n) is 7.02. The third-order valence-corrected chi connectivity index (χ3v) is 10.5. The molecule has 0 saturated carbocycles. The molecular weight excluding hydrogens is 685 g/mol. The molecule has 2 aromatic carbocycles. The van der Waals surface area contributed by atoms with Crippen molar-refractivity contribution in [1.82, 2.24) is 35.1 Å². The van der Waals surface area contributed by atoms with Gasteiger partial charge in [0.15, 0.2) is 0 Å². The number of benzene rings is 2. The van der Waals surface area contributed by atoms with Crippen molar-refractivity contribution >= 4 is 29.1 Å². The minimum Gasteiger partial charge on any atom is -0.480 e. The third-order valence-electron chi connectivity index (χ3n) is 9.70. The summed E-state index contributed by atoms with van der Waals surface area (Å²) in [5.74, 6) is 1.50. The van der Waals surface area contributed by atoms with Gasteiger partial charge in [-0.2, -0.15) is 0 Å². The highest BCUT2D eigenvalue weighted by atomic mass is 35.5. The van der Waals surface area contributed by atoms with Gasteiger partial charge in [-0.3, -0.25) is 24.6 Å². The Bertz CT molecular complexity index is 2030. The second-order valence-electron chi connectivity index (χ2n) is 13.0. The topological polar surface area (TPSA) is 115 Å². The molecule has 2 atom stereocenters. The zero-order valence-corrected chi connectivity index (χ0v) is 30.1. The summed E-state index contributed by atoms with van der Waals surface area (Å²) in [4.78, 5) is 37.3. The molecule has 5 aromatic rings. The van der Waals surface area contributed by atoms with Crippen LogP contribution in [0.2, 0.25) is 10.0 Å². The van der Waals surface area contributed by atoms with Crippen LogP contribution in [0.15, 0.2) is 73.3 Å². The molecule has 2 saturated heterocycles. The molecule has 0 aliphatic carbocycles. The van der Waals surface area contributed by atoms with Crippen molar-refractivity contribution in [1.29, 1.82) is 0 Å². The number of aromatic nitrogens is 5. The predicted octanol–water partition coefficient (Wildman–Crippen LogP) is 7.58. The summed E-state index contributed by atoms with van der Waals surface area (Å²) < 4.78 is 11.4. The summed E-state index contributed by atoms with van der Waals surface area (Å²) in [6.45, 7) is 2.53. The molecule has 2 aliphatic heterocycles. The van der Waals surface area contributed by atoms with Crippen molar-refractivity contribution < 1.29 is 14.3 Å². The zero-order valence-electron chi connectivity index (χ0n) is 28.6. The number of hydrogen-bond donors (Lipinski definition) is 1. The molecule has 2 fully saturated rings. The van der Waals surface area contributed by atoms with Crippen LogP contribution in [0.3, 0.4) is 0 Å². The number of hydrogen-bond acceptors (Lipinski definition) is 9. The lowest BCUT2D eigenvalue weighted by atomic mass is 9.98. The van der Waals surface area contributed by atoms with E-state index in [9.17, 15) is 4.79 Å². The third kappa shape index (κ3) is 7.68. The average Bonchev–Trinajstić information content (AvgIpc) is 3.81. The van der Waals surface area contributed by atoms with Gasteiger partial charge < -0.3 is 14.8 Å². The summed E-state index contributed by atoms with van der Waals surface area (Å²) in [5, 5.41) is 4.01. The van der Waals surface area contributed by atoms with Crippen LogP contribution in [0.1, 0.15) is 55.0 Å². The molecule has 0 radical (unpaired) electrons. The molecule has 1 unspecified atom stereocenters. The van der Waals surface area contributed by atoms with E-state index >= 15 is 0 Å². The van der Waals surface area contributed by atoms with Gasteiger partial charge in [0.1, 0.15) is 11.4 Å². The van der Waals surface area contributed by atoms with Gasteiger partial charge in [0.25, 0.3) is 0 Å². The van der Waals surface area contributed by atoms with Gasteiger partial charge in [-0.1, -0.05) is 65.7 Å². The number of pyridine rings is 1. The van der Waals surface area contributed by atoms with Crippen molar-refractivity contribution in [2.45, 2.75) is 57.0 Å². The monoisotopic (exact) mass is 723 g/mol. The number of carbonyl (C=O) groups is 1. The van der Waals surface area contributed by atoms with Crippen LogP contribution in [0.5, 0.6) is 11.8 Å². The van der Waals surface area contributed by atoms with Gasteiger partial charge >= 0.3 is 0 Å². The lowest BCUT2D eigenvalue weighted by Gasteiger charge is -2.18. The van der Waals surface area contributed by atoms with Gasteiger partial charge in [-0.05, 0) is 56.2 Å². The average molecular weight is 725 g/mol. The summed E-state index contributed by atoms with van der Waals surface area (Å²) in [5.41, 5.74) is 6.93. The maximum atomic E-state index is 11.5. The summed E-state index contributed by atoms with van der Waals surface area (Å²) in [6, 6.07) is 15.9. The van der Waals surface area contributed by atoms with Gasteiger partial charge in [-0.15, -0.1) is 0 Å². The fourth-order valence-corrected chi connectivity index (χ4v) is 7.67. The van der Waals surface area contributed by atoms with Crippen LogP contribution < -0.4 is 14.8 Å². The maximum Gasteiger partial charge on any atom is 0.237 e. The quantitative estimate of drug-likeness (QED) is 0.139. The zero-order chi connectivity index (χ0) is 35.3. The number of ether oxygens (including phenoxy) is 2. The summed E-state index contributed by atoms with van der Waals surface area (Å²) in [7, 11) is 3.21. The van der Waals surface area contributed by atoms with Crippen LogP contribution in [0, 0.1) is 0 Å². The molecule has 0 bridgehead atoms. The van der Waals surface area contributed by atoms with Crippen molar-refractivity contribution in [3.8, 4) is 45.4 Å². The van der Waals surface area contributed by atoms with Crippen molar-refractivity contribution in [2.75, 3.05) is 27.3 Å². The molecule has 0 spiro atoms. The Kier molecular flexibility index (Phi) is 10.7. The van der Waals surface area contributed by atoms with Crippen molar-refractivity contribution in [2.24, 2.45) is 0 Å². The Morgan fingerprint density at radius 2 is 1.47 bits per heavy atom. The van der Waals surface area contributed by atoms with Gasteiger partial charge in [0.05, 0.1) is 48.0 Å². The second-order valence-corrected chi connectivity index (χ2v) is 13.7. The van der Waals surface area contributed by atoms with E-state index in [1.54, 1.807) is 26.6 Å². The molecular formula is C39H39Cl2N7O3. The first-order valence-corrected chi connectivity index (χ1v) is 18.0. The SMILES string of the molecule is COc1nc(-c2cccc(-c3cccc(-c4cnc(CN5CCC(c6cccnc6)C5)c(OC)n4)c3Cl)c2Cl)cnc1CCC[C@@H]1CCC(=O)N1. The van der Waals surface area contributed by atoms with Crippen LogP contribution in [-0.2, 0) is 17.8 Å². The van der Waals surface area contributed by atoms with Crippen LogP contribution >= 0.6 is 23.2 Å². The number of rotatable bonds is 12. The maximum absolute atomic E-state index is 11.5. The molecule has 7 rings (SSSR count). The number of nitrogens with one attached hydrogen (secondary N) is 1. The molecule has 2 aliphatic rings. The van der Waals surface area contributed by atoms with E-state index in [4.69, 9.17) is 52.6 Å². The molecule has 5 heterocycles. The summed E-state index contributed by atoms with van der Waals surface area (Å²) >= 11 is 14.2. The Morgan fingerprint density at radius 3 is 2.08 bits per heavy atom. The Hall–Kier alpha value is -4.64. The molecule has 3 aromatic heterocycles. The minimum atomic E-state index is 0.126.